The summed E-state index contributed by atoms with van der Waals surface area (Å²) in [4.78, 5) is 0. The van der Waals surface area contributed by atoms with Crippen molar-refractivity contribution in [1.29, 1.82) is 0 Å². The van der Waals surface area contributed by atoms with Crippen molar-refractivity contribution in [3.63, 3.8) is 0 Å². The second-order valence-corrected chi connectivity index (χ2v) is 8.42. The van der Waals surface area contributed by atoms with Crippen LogP contribution in [0.1, 0.15) is 0 Å². The molecule has 0 heterocycles. The van der Waals surface area contributed by atoms with Gasteiger partial charge >= 0.3 is 0 Å². The van der Waals surface area contributed by atoms with Crippen LogP contribution in [0.15, 0.2) is 48.5 Å². The highest BCUT2D eigenvalue weighted by atomic mass is 31.2. The smallest absolute Gasteiger partial charge is 0.200 e. The van der Waals surface area contributed by atoms with Gasteiger partial charge in [-0.15, -0.1) is 0 Å². The van der Waals surface area contributed by atoms with Crippen molar-refractivity contribution in [3.05, 3.63) is 77.6 Å². The molecule has 0 spiro atoms. The molecular weight excluding hydrogens is 386 g/mol. The molecule has 0 saturated carbocycles. The second-order valence-electron chi connectivity index (χ2n) is 5.72. The maximum Gasteiger partial charge on any atom is 0.200 e. The Morgan fingerprint density at radius 1 is 0.630 bits per heavy atom. The third kappa shape index (κ3) is 2.96. The fourth-order valence-electron chi connectivity index (χ4n) is 2.72. The first-order valence-corrected chi connectivity index (χ1v) is 9.23. The highest BCUT2D eigenvalue weighted by Crippen LogP contribution is 2.45. The molecule has 3 nitrogen and oxygen atoms in total. The summed E-state index contributed by atoms with van der Waals surface area (Å²) in [5.41, 5.74) is 11.5. The zero-order valence-electron chi connectivity index (χ0n) is 13.5. The van der Waals surface area contributed by atoms with Crippen LogP contribution in [0.3, 0.4) is 0 Å². The Morgan fingerprint density at radius 3 is 1.37 bits per heavy atom. The van der Waals surface area contributed by atoms with Crippen LogP contribution in [0, 0.1) is 29.1 Å². The molecule has 0 radical (unpaired) electrons. The van der Waals surface area contributed by atoms with E-state index in [0.717, 1.165) is 12.1 Å². The minimum Gasteiger partial charge on any atom is -0.399 e. The summed E-state index contributed by atoms with van der Waals surface area (Å²) >= 11 is 0. The highest BCUT2D eigenvalue weighted by Gasteiger charge is 2.40. The summed E-state index contributed by atoms with van der Waals surface area (Å²) in [5.74, 6) is -11.0. The van der Waals surface area contributed by atoms with E-state index in [1.54, 1.807) is 0 Å². The molecule has 27 heavy (non-hydrogen) atoms. The van der Waals surface area contributed by atoms with E-state index in [0.29, 0.717) is 0 Å². The van der Waals surface area contributed by atoms with Gasteiger partial charge in [0.15, 0.2) is 30.4 Å². The minimum atomic E-state index is -4.54. The maximum atomic E-state index is 14.5. The number of halogens is 5. The number of hydrogen-bond acceptors (Lipinski definition) is 3. The van der Waals surface area contributed by atoms with Crippen LogP contribution in [0.5, 0.6) is 0 Å². The fraction of sp³-hybridized carbons (Fsp3) is 0. The third-order valence-corrected chi connectivity index (χ3v) is 7.00. The van der Waals surface area contributed by atoms with Gasteiger partial charge in [0.1, 0.15) is 0 Å². The monoisotopic (exact) mass is 398 g/mol. The third-order valence-electron chi connectivity index (χ3n) is 3.97. The van der Waals surface area contributed by atoms with Gasteiger partial charge < -0.3 is 16.0 Å². The van der Waals surface area contributed by atoms with E-state index in [2.05, 4.69) is 0 Å². The average Bonchev–Trinajstić information content (AvgIpc) is 2.64. The van der Waals surface area contributed by atoms with Crippen LogP contribution >= 0.6 is 7.14 Å². The Balaban J connectivity index is 2.49. The minimum absolute atomic E-state index is 0.0977. The fourth-order valence-corrected chi connectivity index (χ4v) is 5.54. The SMILES string of the molecule is Nc1cccc(P(=O)(c2cccc(N)c2)c2c(F)c(F)c(F)c(F)c2F)c1. The molecule has 0 fully saturated rings. The molecule has 0 aromatic heterocycles. The van der Waals surface area contributed by atoms with Crippen molar-refractivity contribution >= 4 is 34.4 Å². The molecule has 0 aliphatic carbocycles. The van der Waals surface area contributed by atoms with Crippen molar-refractivity contribution in [2.75, 3.05) is 11.5 Å². The Bertz CT molecular complexity index is 1020. The molecule has 0 aliphatic rings. The Labute approximate surface area is 150 Å². The zero-order valence-corrected chi connectivity index (χ0v) is 14.4. The lowest BCUT2D eigenvalue weighted by atomic mass is 10.3. The zero-order chi connectivity index (χ0) is 19.9. The molecule has 0 saturated heterocycles. The van der Waals surface area contributed by atoms with Crippen molar-refractivity contribution < 1.29 is 26.5 Å². The Kier molecular flexibility index (Phi) is 4.70. The number of benzene rings is 3. The second kappa shape index (κ2) is 6.70. The molecule has 0 amide bonds. The molecule has 4 N–H and O–H groups in total. The average molecular weight is 398 g/mol. The summed E-state index contributed by atoms with van der Waals surface area (Å²) in [5, 5.41) is -1.82. The molecule has 140 valence electrons. The normalized spacial score (nSPS) is 11.6. The first-order chi connectivity index (χ1) is 12.7. The van der Waals surface area contributed by atoms with E-state index in [4.69, 9.17) is 11.5 Å². The lowest BCUT2D eigenvalue weighted by molar-refractivity contribution is 0.384. The van der Waals surface area contributed by atoms with Crippen LogP contribution in [-0.4, -0.2) is 0 Å². The van der Waals surface area contributed by atoms with E-state index in [-0.39, 0.29) is 22.0 Å². The van der Waals surface area contributed by atoms with Crippen molar-refractivity contribution in [2.24, 2.45) is 0 Å². The standard InChI is InChI=1S/C18H12F5N2OP/c19-13-14(20)16(22)18(17(23)15(13)21)27(26,11-5-1-3-9(24)7-11)12-6-2-4-10(25)8-12/h1-8H,24-25H2. The summed E-state index contributed by atoms with van der Waals surface area (Å²) in [6.45, 7) is 0. The van der Waals surface area contributed by atoms with Crippen LogP contribution in [0.2, 0.25) is 0 Å². The van der Waals surface area contributed by atoms with Gasteiger partial charge in [-0.3, -0.25) is 0 Å². The van der Waals surface area contributed by atoms with Crippen molar-refractivity contribution in [2.45, 2.75) is 0 Å². The first kappa shape index (κ1) is 18.9. The van der Waals surface area contributed by atoms with Gasteiger partial charge in [0, 0.05) is 22.0 Å². The first-order valence-electron chi connectivity index (χ1n) is 7.52. The van der Waals surface area contributed by atoms with Crippen molar-refractivity contribution in [1.82, 2.24) is 0 Å². The molecule has 9 heteroatoms. The van der Waals surface area contributed by atoms with Crippen molar-refractivity contribution in [3.8, 4) is 0 Å². The van der Waals surface area contributed by atoms with Gasteiger partial charge in [-0.25, -0.2) is 22.0 Å². The molecule has 3 rings (SSSR count). The maximum absolute atomic E-state index is 14.5. The summed E-state index contributed by atoms with van der Waals surface area (Å²) < 4.78 is 84.0. The lowest BCUT2D eigenvalue weighted by Crippen LogP contribution is -2.32. The van der Waals surface area contributed by atoms with E-state index in [1.165, 1.54) is 36.4 Å². The number of nitrogen functional groups attached to an aromatic ring is 2. The Hall–Kier alpha value is -2.86. The van der Waals surface area contributed by atoms with Crippen LogP contribution < -0.4 is 27.4 Å². The molecule has 3 aromatic rings. The number of rotatable bonds is 3. The number of hydrogen-bond donors (Lipinski definition) is 2. The quantitative estimate of drug-likeness (QED) is 0.234. The van der Waals surface area contributed by atoms with Gasteiger partial charge in [0.05, 0.1) is 5.30 Å². The molecule has 3 aromatic carbocycles. The topological polar surface area (TPSA) is 69.1 Å². The predicted octanol–water partition coefficient (Wildman–Crippen LogP) is 3.19. The van der Waals surface area contributed by atoms with Crippen LogP contribution in [0.4, 0.5) is 33.3 Å². The molecule has 0 unspecified atom stereocenters. The van der Waals surface area contributed by atoms with Gasteiger partial charge in [0.2, 0.25) is 5.82 Å². The van der Waals surface area contributed by atoms with Gasteiger partial charge in [0.25, 0.3) is 0 Å². The summed E-state index contributed by atoms with van der Waals surface area (Å²) in [6, 6.07) is 10.3. The summed E-state index contributed by atoms with van der Waals surface area (Å²) in [6.07, 6.45) is 0. The lowest BCUT2D eigenvalue weighted by Gasteiger charge is -2.22. The van der Waals surface area contributed by atoms with E-state index in [9.17, 15) is 26.5 Å². The molecule has 0 atom stereocenters. The largest absolute Gasteiger partial charge is 0.399 e. The molecular formula is C18H12F5N2OP. The van der Waals surface area contributed by atoms with Gasteiger partial charge in [-0.05, 0) is 24.3 Å². The molecule has 0 bridgehead atoms. The van der Waals surface area contributed by atoms with E-state index < -0.39 is 41.5 Å². The Morgan fingerprint density at radius 2 is 1.00 bits per heavy atom. The van der Waals surface area contributed by atoms with Gasteiger partial charge in [-0.1, -0.05) is 24.3 Å². The predicted molar refractivity (Wildman–Crippen MR) is 94.4 cm³/mol. The number of anilines is 2. The van der Waals surface area contributed by atoms with E-state index in [1.807, 2.05) is 0 Å². The van der Waals surface area contributed by atoms with Gasteiger partial charge in [-0.2, -0.15) is 0 Å². The number of nitrogens with two attached hydrogens (primary N) is 2. The highest BCUT2D eigenvalue weighted by molar-refractivity contribution is 7.85. The summed E-state index contributed by atoms with van der Waals surface area (Å²) in [7, 11) is -4.54. The molecule has 0 aliphatic heterocycles. The van der Waals surface area contributed by atoms with E-state index >= 15 is 0 Å². The van der Waals surface area contributed by atoms with Crippen LogP contribution in [-0.2, 0) is 4.57 Å². The van der Waals surface area contributed by atoms with Crippen LogP contribution in [0.25, 0.3) is 0 Å².